The molecule has 0 bridgehead atoms. The van der Waals surface area contributed by atoms with E-state index in [-0.39, 0.29) is 31.4 Å². The van der Waals surface area contributed by atoms with Crippen molar-refractivity contribution in [2.45, 2.75) is 45.1 Å². The molecule has 0 spiro atoms. The first kappa shape index (κ1) is 24.5. The van der Waals surface area contributed by atoms with E-state index in [1.807, 2.05) is 11.9 Å². The van der Waals surface area contributed by atoms with Crippen LogP contribution in [0.4, 0.5) is 5.82 Å². The third-order valence-electron chi connectivity index (χ3n) is 5.69. The van der Waals surface area contributed by atoms with E-state index >= 15 is 0 Å². The van der Waals surface area contributed by atoms with Crippen LogP contribution in [-0.2, 0) is 24.1 Å². The molecule has 184 valence electrons. The number of aliphatic hydroxyl groups is 1. The van der Waals surface area contributed by atoms with Crippen molar-refractivity contribution >= 4 is 11.6 Å². The van der Waals surface area contributed by atoms with Crippen LogP contribution in [0.5, 0.6) is 11.8 Å². The predicted octanol–water partition coefficient (Wildman–Crippen LogP) is 2.22. The van der Waals surface area contributed by atoms with E-state index in [1.54, 1.807) is 44.6 Å². The zero-order valence-corrected chi connectivity index (χ0v) is 20.5. The maximum Gasteiger partial charge on any atom is 0.316 e. The lowest BCUT2D eigenvalue weighted by atomic mass is 10.1. The number of nitrogens with zero attached hydrogens (tertiary/aromatic N) is 6. The number of pyridine rings is 1. The number of ketones is 1. The minimum Gasteiger partial charge on any atom is -0.485 e. The highest BCUT2D eigenvalue weighted by atomic mass is 16.5. The van der Waals surface area contributed by atoms with Crippen LogP contribution in [0.15, 0.2) is 30.7 Å². The van der Waals surface area contributed by atoms with Gasteiger partial charge in [-0.3, -0.25) is 9.78 Å². The van der Waals surface area contributed by atoms with Crippen molar-refractivity contribution in [3.63, 3.8) is 0 Å². The van der Waals surface area contributed by atoms with E-state index in [4.69, 9.17) is 19.4 Å². The summed E-state index contributed by atoms with van der Waals surface area (Å²) in [5.41, 5.74) is 2.63. The summed E-state index contributed by atoms with van der Waals surface area (Å²) in [6.45, 7) is 3.68. The molecule has 0 radical (unpaired) electrons. The first-order valence-electron chi connectivity index (χ1n) is 11.5. The average molecular weight is 479 g/mol. The molecule has 4 rings (SSSR count). The molecule has 10 nitrogen and oxygen atoms in total. The first-order chi connectivity index (χ1) is 16.8. The van der Waals surface area contributed by atoms with Gasteiger partial charge in [0.2, 0.25) is 0 Å². The SMILES string of the molecule is COc1ncc(CC(=O)CN(C)c2nc(-c3cc(OC(C)(C)CO)ccn3)nc3c2CCC3)cn1. The number of hydrogen-bond donors (Lipinski definition) is 1. The lowest BCUT2D eigenvalue weighted by Gasteiger charge is -2.24. The third kappa shape index (κ3) is 5.89. The first-order valence-corrected chi connectivity index (χ1v) is 11.5. The number of aryl methyl sites for hydroxylation is 1. The Morgan fingerprint density at radius 1 is 1.17 bits per heavy atom. The number of fused-ring (bicyclic) bond motifs is 1. The molecule has 3 heterocycles. The van der Waals surface area contributed by atoms with Crippen LogP contribution in [0, 0.1) is 0 Å². The Morgan fingerprint density at radius 3 is 2.66 bits per heavy atom. The Labute approximate surface area is 204 Å². The van der Waals surface area contributed by atoms with Gasteiger partial charge >= 0.3 is 6.01 Å². The molecule has 0 fully saturated rings. The normalized spacial score (nSPS) is 12.8. The Hall–Kier alpha value is -3.66. The highest BCUT2D eigenvalue weighted by Gasteiger charge is 2.24. The lowest BCUT2D eigenvalue weighted by molar-refractivity contribution is -0.117. The van der Waals surface area contributed by atoms with Crippen LogP contribution in [0.1, 0.15) is 37.1 Å². The molecule has 0 saturated heterocycles. The highest BCUT2D eigenvalue weighted by molar-refractivity contribution is 5.85. The molecular weight excluding hydrogens is 448 g/mol. The van der Waals surface area contributed by atoms with Crippen LogP contribution in [-0.4, -0.2) is 68.7 Å². The van der Waals surface area contributed by atoms with E-state index in [9.17, 15) is 9.90 Å². The fourth-order valence-corrected chi connectivity index (χ4v) is 3.95. The van der Waals surface area contributed by atoms with Gasteiger partial charge in [0, 0.05) is 49.4 Å². The molecule has 0 unspecified atom stereocenters. The second-order valence-electron chi connectivity index (χ2n) is 9.20. The van der Waals surface area contributed by atoms with Crippen molar-refractivity contribution < 1.29 is 19.4 Å². The van der Waals surface area contributed by atoms with E-state index < -0.39 is 5.60 Å². The number of carbonyl (C=O) groups is 1. The summed E-state index contributed by atoms with van der Waals surface area (Å²) in [6, 6.07) is 3.78. The largest absolute Gasteiger partial charge is 0.485 e. The Bertz CT molecular complexity index is 1200. The molecule has 10 heteroatoms. The number of Topliss-reactive ketones (excluding diaryl/α,β-unsaturated/α-hetero) is 1. The van der Waals surface area contributed by atoms with Crippen molar-refractivity contribution in [3.05, 3.63) is 47.5 Å². The van der Waals surface area contributed by atoms with Gasteiger partial charge in [-0.2, -0.15) is 0 Å². The Balaban J connectivity index is 1.56. The van der Waals surface area contributed by atoms with Gasteiger partial charge in [0.25, 0.3) is 0 Å². The summed E-state index contributed by atoms with van der Waals surface area (Å²) in [5, 5.41) is 9.52. The van der Waals surface area contributed by atoms with Gasteiger partial charge in [0.15, 0.2) is 11.6 Å². The van der Waals surface area contributed by atoms with Gasteiger partial charge in [0.1, 0.15) is 22.9 Å². The minimum atomic E-state index is -0.724. The summed E-state index contributed by atoms with van der Waals surface area (Å²) >= 11 is 0. The zero-order valence-electron chi connectivity index (χ0n) is 20.5. The van der Waals surface area contributed by atoms with Crippen LogP contribution < -0.4 is 14.4 Å². The van der Waals surface area contributed by atoms with Crippen LogP contribution in [0.3, 0.4) is 0 Å². The molecule has 3 aromatic heterocycles. The number of ether oxygens (including phenoxy) is 2. The smallest absolute Gasteiger partial charge is 0.316 e. The van der Waals surface area contributed by atoms with Gasteiger partial charge < -0.3 is 19.5 Å². The van der Waals surface area contributed by atoms with Crippen molar-refractivity contribution in [2.24, 2.45) is 0 Å². The molecule has 0 amide bonds. The van der Waals surface area contributed by atoms with E-state index in [0.29, 0.717) is 17.3 Å². The molecule has 0 saturated carbocycles. The number of aromatic nitrogens is 5. The van der Waals surface area contributed by atoms with Gasteiger partial charge in [0.05, 0.1) is 20.3 Å². The molecule has 1 N–H and O–H groups in total. The molecule has 1 aliphatic rings. The van der Waals surface area contributed by atoms with E-state index in [0.717, 1.165) is 41.9 Å². The quantitative estimate of drug-likeness (QED) is 0.464. The summed E-state index contributed by atoms with van der Waals surface area (Å²) in [4.78, 5) is 36.8. The van der Waals surface area contributed by atoms with Crippen molar-refractivity contribution in [2.75, 3.05) is 32.2 Å². The van der Waals surface area contributed by atoms with Crippen LogP contribution >= 0.6 is 0 Å². The van der Waals surface area contributed by atoms with Gasteiger partial charge in [-0.05, 0) is 44.7 Å². The van der Waals surface area contributed by atoms with Gasteiger partial charge in [-0.25, -0.2) is 19.9 Å². The van der Waals surface area contributed by atoms with E-state index in [2.05, 4.69) is 15.0 Å². The maximum atomic E-state index is 12.8. The molecule has 0 aliphatic heterocycles. The van der Waals surface area contributed by atoms with Crippen LogP contribution in [0.2, 0.25) is 0 Å². The Morgan fingerprint density at radius 2 is 1.94 bits per heavy atom. The summed E-state index contributed by atoms with van der Waals surface area (Å²) < 4.78 is 10.9. The fourth-order valence-electron chi connectivity index (χ4n) is 3.95. The number of anilines is 1. The second kappa shape index (κ2) is 10.3. The summed E-state index contributed by atoms with van der Waals surface area (Å²) in [6.07, 6.45) is 7.78. The third-order valence-corrected chi connectivity index (χ3v) is 5.69. The second-order valence-corrected chi connectivity index (χ2v) is 9.20. The molecular formula is C25H30N6O4. The molecule has 35 heavy (non-hydrogen) atoms. The van der Waals surface area contributed by atoms with Crippen molar-refractivity contribution in [1.82, 2.24) is 24.9 Å². The van der Waals surface area contributed by atoms with Crippen LogP contribution in [0.25, 0.3) is 11.5 Å². The monoisotopic (exact) mass is 478 g/mol. The zero-order chi connectivity index (χ0) is 25.0. The average Bonchev–Trinajstić information content (AvgIpc) is 3.32. The molecule has 0 atom stereocenters. The predicted molar refractivity (Wildman–Crippen MR) is 130 cm³/mol. The molecule has 0 aromatic carbocycles. The number of carbonyl (C=O) groups excluding carboxylic acids is 1. The highest BCUT2D eigenvalue weighted by Crippen LogP contribution is 2.31. The lowest BCUT2D eigenvalue weighted by Crippen LogP contribution is -2.32. The molecule has 1 aliphatic carbocycles. The summed E-state index contributed by atoms with van der Waals surface area (Å²) in [7, 11) is 3.36. The van der Waals surface area contributed by atoms with Crippen molar-refractivity contribution in [3.8, 4) is 23.3 Å². The van der Waals surface area contributed by atoms with Gasteiger partial charge in [-0.15, -0.1) is 0 Å². The summed E-state index contributed by atoms with van der Waals surface area (Å²) in [5.74, 6) is 1.82. The van der Waals surface area contributed by atoms with E-state index in [1.165, 1.54) is 7.11 Å². The minimum absolute atomic E-state index is 0.0212. The number of hydrogen-bond acceptors (Lipinski definition) is 10. The number of methoxy groups -OCH3 is 1. The number of likely N-dealkylation sites (N-methyl/N-ethyl adjacent to an activating group) is 1. The topological polar surface area (TPSA) is 123 Å². The standard InChI is InChI=1S/C25H30N6O4/c1-25(2,15-32)35-18-8-9-26-21(11-18)22-29-20-7-5-6-19(20)23(30-22)31(3)14-17(33)10-16-12-27-24(34-4)28-13-16/h8-9,11-13,32H,5-7,10,14-15H2,1-4H3. The van der Waals surface area contributed by atoms with Gasteiger partial charge in [-0.1, -0.05) is 0 Å². The Kier molecular flexibility index (Phi) is 7.20. The number of rotatable bonds is 10. The fraction of sp³-hybridized carbons (Fsp3) is 0.440. The molecule has 3 aromatic rings. The maximum absolute atomic E-state index is 12.8. The number of aliphatic hydroxyl groups excluding tert-OH is 1. The van der Waals surface area contributed by atoms with Crippen molar-refractivity contribution in [1.29, 1.82) is 0 Å².